The minimum Gasteiger partial charge on any atom is -0.507 e. The fraction of sp³-hybridized carbons (Fsp3) is 0.0714. The lowest BCUT2D eigenvalue weighted by Gasteiger charge is -2.25. The number of aliphatic hydroxyl groups is 1. The van der Waals surface area contributed by atoms with Gasteiger partial charge >= 0.3 is 0 Å². The van der Waals surface area contributed by atoms with Crippen molar-refractivity contribution >= 4 is 28.8 Å². The summed E-state index contributed by atoms with van der Waals surface area (Å²) in [5.41, 5.74) is 0.815. The summed E-state index contributed by atoms with van der Waals surface area (Å²) in [6, 6.07) is 24.4. The summed E-state index contributed by atoms with van der Waals surface area (Å²) in [5.74, 6) is -1.15. The summed E-state index contributed by atoms with van der Waals surface area (Å²) in [7, 11) is 0. The molecule has 1 saturated heterocycles. The van der Waals surface area contributed by atoms with E-state index in [1.807, 2.05) is 47.8 Å². The van der Waals surface area contributed by atoms with Crippen LogP contribution in [-0.4, -0.2) is 21.7 Å². The van der Waals surface area contributed by atoms with E-state index in [4.69, 9.17) is 4.74 Å². The van der Waals surface area contributed by atoms with Gasteiger partial charge in [-0.3, -0.25) is 9.59 Å². The molecule has 1 aliphatic rings. The first-order chi connectivity index (χ1) is 17.0. The highest BCUT2D eigenvalue weighted by molar-refractivity contribution is 7.09. The molecular formula is C28H20FNO4S. The van der Waals surface area contributed by atoms with Gasteiger partial charge in [0.15, 0.2) is 0 Å². The van der Waals surface area contributed by atoms with Crippen molar-refractivity contribution < 1.29 is 23.8 Å². The Morgan fingerprint density at radius 3 is 2.37 bits per heavy atom. The topological polar surface area (TPSA) is 66.8 Å². The van der Waals surface area contributed by atoms with Crippen molar-refractivity contribution in [3.8, 4) is 11.5 Å². The van der Waals surface area contributed by atoms with Crippen molar-refractivity contribution in [3.05, 3.63) is 124 Å². The number of ether oxygens (including phenoxy) is 1. The van der Waals surface area contributed by atoms with Gasteiger partial charge in [0.2, 0.25) is 0 Å². The lowest BCUT2D eigenvalue weighted by molar-refractivity contribution is -0.140. The average molecular weight is 486 g/mol. The van der Waals surface area contributed by atoms with Crippen LogP contribution in [0, 0.1) is 5.82 Å². The Bertz CT molecular complexity index is 1400. The molecule has 0 radical (unpaired) electrons. The van der Waals surface area contributed by atoms with Gasteiger partial charge in [0.05, 0.1) is 18.2 Å². The molecule has 5 rings (SSSR count). The second-order valence-corrected chi connectivity index (χ2v) is 9.03. The monoisotopic (exact) mass is 485 g/mol. The number of halogens is 1. The van der Waals surface area contributed by atoms with E-state index >= 15 is 0 Å². The Morgan fingerprint density at radius 1 is 0.914 bits per heavy atom. The number of nitrogens with zero attached hydrogens (tertiary/aromatic N) is 1. The molecule has 0 bridgehead atoms. The van der Waals surface area contributed by atoms with Gasteiger partial charge in [0.1, 0.15) is 23.1 Å². The molecule has 1 N–H and O–H groups in total. The molecule has 35 heavy (non-hydrogen) atoms. The second-order valence-electron chi connectivity index (χ2n) is 8.00. The van der Waals surface area contributed by atoms with Crippen LogP contribution in [0.15, 0.2) is 102 Å². The van der Waals surface area contributed by atoms with Gasteiger partial charge in [-0.25, -0.2) is 4.39 Å². The van der Waals surface area contributed by atoms with Gasteiger partial charge in [-0.15, -0.1) is 11.3 Å². The predicted octanol–water partition coefficient (Wildman–Crippen LogP) is 6.30. The molecule has 1 amide bonds. The van der Waals surface area contributed by atoms with Crippen LogP contribution in [0.1, 0.15) is 22.0 Å². The third-order valence-corrected chi connectivity index (χ3v) is 6.58. The molecular weight excluding hydrogens is 465 g/mol. The normalized spacial score (nSPS) is 17.1. The highest BCUT2D eigenvalue weighted by atomic mass is 32.1. The molecule has 1 aliphatic heterocycles. The lowest BCUT2D eigenvalue weighted by Crippen LogP contribution is -2.28. The first kappa shape index (κ1) is 22.6. The van der Waals surface area contributed by atoms with Crippen LogP contribution in [0.2, 0.25) is 0 Å². The van der Waals surface area contributed by atoms with E-state index in [1.54, 1.807) is 24.3 Å². The summed E-state index contributed by atoms with van der Waals surface area (Å²) in [6.45, 7) is 0.205. The van der Waals surface area contributed by atoms with Crippen molar-refractivity contribution in [3.63, 3.8) is 0 Å². The summed E-state index contributed by atoms with van der Waals surface area (Å²) >= 11 is 1.47. The summed E-state index contributed by atoms with van der Waals surface area (Å²) in [5, 5.41) is 13.0. The number of rotatable bonds is 6. The zero-order chi connectivity index (χ0) is 24.4. The Morgan fingerprint density at radius 2 is 1.66 bits per heavy atom. The van der Waals surface area contributed by atoms with Crippen LogP contribution in [0.25, 0.3) is 5.76 Å². The zero-order valence-corrected chi connectivity index (χ0v) is 19.2. The molecule has 1 aromatic heterocycles. The van der Waals surface area contributed by atoms with Crippen molar-refractivity contribution in [2.45, 2.75) is 12.6 Å². The van der Waals surface area contributed by atoms with Gasteiger partial charge in [-0.2, -0.15) is 0 Å². The highest BCUT2D eigenvalue weighted by Crippen LogP contribution is 2.41. The quantitative estimate of drug-likeness (QED) is 0.198. The molecule has 2 heterocycles. The van der Waals surface area contributed by atoms with Crippen LogP contribution in [0.3, 0.4) is 0 Å². The third-order valence-electron chi connectivity index (χ3n) is 5.72. The molecule has 0 saturated carbocycles. The summed E-state index contributed by atoms with van der Waals surface area (Å²) < 4.78 is 19.4. The minimum atomic E-state index is -0.846. The van der Waals surface area contributed by atoms with E-state index in [9.17, 15) is 19.1 Å². The number of ketones is 1. The van der Waals surface area contributed by atoms with Crippen molar-refractivity contribution in [2.75, 3.05) is 0 Å². The average Bonchev–Trinajstić information content (AvgIpc) is 3.47. The van der Waals surface area contributed by atoms with Crippen LogP contribution in [-0.2, 0) is 16.1 Å². The summed E-state index contributed by atoms with van der Waals surface area (Å²) in [6.07, 6.45) is 0. The molecule has 174 valence electrons. The Labute approximate surface area is 205 Å². The maximum absolute atomic E-state index is 13.5. The van der Waals surface area contributed by atoms with E-state index in [2.05, 4.69) is 0 Å². The van der Waals surface area contributed by atoms with Crippen LogP contribution in [0.4, 0.5) is 4.39 Å². The third kappa shape index (κ3) is 4.58. The van der Waals surface area contributed by atoms with Crippen LogP contribution in [0.5, 0.6) is 11.5 Å². The zero-order valence-electron chi connectivity index (χ0n) is 18.4. The number of benzene rings is 3. The Balaban J connectivity index is 1.61. The number of thiophene rings is 1. The van der Waals surface area contributed by atoms with Crippen LogP contribution < -0.4 is 4.74 Å². The van der Waals surface area contributed by atoms with E-state index < -0.39 is 23.5 Å². The van der Waals surface area contributed by atoms with Gasteiger partial charge < -0.3 is 14.7 Å². The standard InChI is InChI=1S/C28H20FNO4S/c29-20-13-11-18(12-14-20)26(31)24-25(30(28(33)27(24)32)17-23-10-5-15-35-23)19-6-4-9-22(16-19)34-21-7-2-1-3-8-21/h1-16,25,31H,17H2/b26-24-. The molecule has 1 atom stereocenters. The highest BCUT2D eigenvalue weighted by Gasteiger charge is 2.46. The number of para-hydroxylation sites is 1. The number of hydrogen-bond acceptors (Lipinski definition) is 5. The first-order valence-electron chi connectivity index (χ1n) is 10.9. The second kappa shape index (κ2) is 9.56. The number of likely N-dealkylation sites (tertiary alicyclic amines) is 1. The smallest absolute Gasteiger partial charge is 0.295 e. The van der Waals surface area contributed by atoms with E-state index in [0.29, 0.717) is 17.1 Å². The van der Waals surface area contributed by atoms with Crippen molar-refractivity contribution in [2.24, 2.45) is 0 Å². The van der Waals surface area contributed by atoms with E-state index in [1.165, 1.54) is 40.5 Å². The fourth-order valence-corrected chi connectivity index (χ4v) is 4.80. The molecule has 5 nitrogen and oxygen atoms in total. The van der Waals surface area contributed by atoms with E-state index in [-0.39, 0.29) is 23.4 Å². The largest absolute Gasteiger partial charge is 0.507 e. The van der Waals surface area contributed by atoms with Crippen LogP contribution >= 0.6 is 11.3 Å². The lowest BCUT2D eigenvalue weighted by atomic mass is 9.95. The molecule has 1 fully saturated rings. The number of aliphatic hydroxyl groups excluding tert-OH is 1. The Kier molecular flexibility index (Phi) is 6.16. The van der Waals surface area contributed by atoms with Gasteiger partial charge in [-0.05, 0) is 65.5 Å². The van der Waals surface area contributed by atoms with Gasteiger partial charge in [0, 0.05) is 10.4 Å². The number of amides is 1. The maximum Gasteiger partial charge on any atom is 0.295 e. The van der Waals surface area contributed by atoms with Gasteiger partial charge in [0.25, 0.3) is 11.7 Å². The Hall–Kier alpha value is -4.23. The number of hydrogen-bond donors (Lipinski definition) is 1. The molecule has 3 aromatic carbocycles. The SMILES string of the molecule is O=C1C(=O)N(Cc2cccs2)C(c2cccc(Oc3ccccc3)c2)/C1=C(/O)c1ccc(F)cc1. The molecule has 4 aromatic rings. The first-order valence-corrected chi connectivity index (χ1v) is 11.8. The van der Waals surface area contributed by atoms with E-state index in [0.717, 1.165) is 4.88 Å². The number of Topliss-reactive ketones (excluding diaryl/α,β-unsaturated/α-hetero) is 1. The predicted molar refractivity (Wildman–Crippen MR) is 132 cm³/mol. The minimum absolute atomic E-state index is 0.0463. The summed E-state index contributed by atoms with van der Waals surface area (Å²) in [4.78, 5) is 28.7. The van der Waals surface area contributed by atoms with Crippen molar-refractivity contribution in [1.82, 2.24) is 4.90 Å². The molecule has 1 unspecified atom stereocenters. The fourth-order valence-electron chi connectivity index (χ4n) is 4.10. The van der Waals surface area contributed by atoms with Gasteiger partial charge in [-0.1, -0.05) is 36.4 Å². The molecule has 0 spiro atoms. The number of carbonyl (C=O) groups excluding carboxylic acids is 2. The van der Waals surface area contributed by atoms with Crippen molar-refractivity contribution in [1.29, 1.82) is 0 Å². The number of carbonyl (C=O) groups is 2. The maximum atomic E-state index is 13.5. The molecule has 7 heteroatoms. The molecule has 0 aliphatic carbocycles.